The van der Waals surface area contributed by atoms with E-state index < -0.39 is 6.04 Å². The Bertz CT molecular complexity index is 212. The van der Waals surface area contributed by atoms with E-state index in [0.29, 0.717) is 12.8 Å². The summed E-state index contributed by atoms with van der Waals surface area (Å²) in [4.78, 5) is 21.8. The molecule has 0 bridgehead atoms. The maximum atomic E-state index is 11.1. The molecule has 66 valence electrons. The first-order chi connectivity index (χ1) is 5.74. The monoisotopic (exact) mass is 169 g/mol. The van der Waals surface area contributed by atoms with Crippen LogP contribution in [0.2, 0.25) is 0 Å². The maximum Gasteiger partial charge on any atom is 0.328 e. The summed E-state index contributed by atoms with van der Waals surface area (Å²) < 4.78 is 4.75. The second kappa shape index (κ2) is 3.90. The predicted molar refractivity (Wildman–Crippen MR) is 42.3 cm³/mol. The minimum absolute atomic E-state index is 0.0875. The van der Waals surface area contributed by atoms with Crippen LogP contribution < -0.4 is 5.32 Å². The summed E-state index contributed by atoms with van der Waals surface area (Å²) in [5.41, 5.74) is 0. The van der Waals surface area contributed by atoms with Gasteiger partial charge in [-0.1, -0.05) is 12.7 Å². The lowest BCUT2D eigenvalue weighted by molar-refractivity contribution is -0.145. The van der Waals surface area contributed by atoms with Crippen LogP contribution in [0, 0.1) is 0 Å². The number of amides is 1. The van der Waals surface area contributed by atoms with E-state index in [4.69, 9.17) is 4.74 Å². The minimum Gasteiger partial charge on any atom is -0.460 e. The van der Waals surface area contributed by atoms with Gasteiger partial charge in [0, 0.05) is 6.42 Å². The van der Waals surface area contributed by atoms with Crippen molar-refractivity contribution in [1.82, 2.24) is 5.32 Å². The summed E-state index contributed by atoms with van der Waals surface area (Å²) in [5, 5.41) is 2.51. The highest BCUT2D eigenvalue weighted by Crippen LogP contribution is 2.07. The van der Waals surface area contributed by atoms with Gasteiger partial charge in [0.1, 0.15) is 12.6 Å². The van der Waals surface area contributed by atoms with Crippen LogP contribution in [-0.4, -0.2) is 24.5 Å². The van der Waals surface area contributed by atoms with E-state index in [-0.39, 0.29) is 18.5 Å². The molecule has 0 spiro atoms. The van der Waals surface area contributed by atoms with E-state index in [1.807, 2.05) is 0 Å². The molecule has 1 rings (SSSR count). The van der Waals surface area contributed by atoms with Crippen LogP contribution in [0.15, 0.2) is 12.7 Å². The van der Waals surface area contributed by atoms with Crippen LogP contribution >= 0.6 is 0 Å². The van der Waals surface area contributed by atoms with E-state index >= 15 is 0 Å². The van der Waals surface area contributed by atoms with Crippen molar-refractivity contribution in [2.45, 2.75) is 18.9 Å². The lowest BCUT2D eigenvalue weighted by Crippen LogP contribution is -2.34. The first kappa shape index (κ1) is 8.77. The molecule has 0 radical (unpaired) electrons. The van der Waals surface area contributed by atoms with Crippen LogP contribution in [0.4, 0.5) is 0 Å². The number of carbonyl (C=O) groups excluding carboxylic acids is 2. The highest BCUT2D eigenvalue weighted by molar-refractivity contribution is 5.88. The number of hydrogen-bond donors (Lipinski definition) is 1. The lowest BCUT2D eigenvalue weighted by atomic mass is 10.2. The van der Waals surface area contributed by atoms with Crippen molar-refractivity contribution in [3.63, 3.8) is 0 Å². The highest BCUT2D eigenvalue weighted by Gasteiger charge is 2.27. The smallest absolute Gasteiger partial charge is 0.328 e. The fourth-order valence-electron chi connectivity index (χ4n) is 1.03. The second-order valence-corrected chi connectivity index (χ2v) is 2.58. The molecule has 0 aromatic carbocycles. The van der Waals surface area contributed by atoms with E-state index in [1.54, 1.807) is 0 Å². The Labute approximate surface area is 70.6 Å². The van der Waals surface area contributed by atoms with Crippen molar-refractivity contribution in [2.75, 3.05) is 6.61 Å². The second-order valence-electron chi connectivity index (χ2n) is 2.58. The molecule has 1 aliphatic rings. The standard InChI is InChI=1S/C8H11NO3/c1-2-5-12-8(11)6-3-4-7(10)9-6/h2,6H,1,3-5H2,(H,9,10). The molecule has 4 heteroatoms. The molecule has 1 saturated heterocycles. The lowest BCUT2D eigenvalue weighted by Gasteiger charge is -2.07. The molecule has 0 aliphatic carbocycles. The minimum atomic E-state index is -0.447. The normalized spacial score (nSPS) is 21.7. The summed E-state index contributed by atoms with van der Waals surface area (Å²) in [7, 11) is 0. The predicted octanol–water partition coefficient (Wildman–Crippen LogP) is -0.00580. The first-order valence-electron chi connectivity index (χ1n) is 3.81. The van der Waals surface area contributed by atoms with E-state index in [1.165, 1.54) is 6.08 Å². The Morgan fingerprint density at radius 3 is 3.08 bits per heavy atom. The number of nitrogens with one attached hydrogen (secondary N) is 1. The van der Waals surface area contributed by atoms with E-state index in [9.17, 15) is 9.59 Å². The molecule has 0 saturated carbocycles. The molecule has 12 heavy (non-hydrogen) atoms. The van der Waals surface area contributed by atoms with Gasteiger partial charge in [-0.2, -0.15) is 0 Å². The van der Waals surface area contributed by atoms with Gasteiger partial charge in [-0.3, -0.25) is 4.79 Å². The van der Waals surface area contributed by atoms with Crippen molar-refractivity contribution < 1.29 is 14.3 Å². The van der Waals surface area contributed by atoms with E-state index in [0.717, 1.165) is 0 Å². The average molecular weight is 169 g/mol. The average Bonchev–Trinajstić information content (AvgIpc) is 2.47. The van der Waals surface area contributed by atoms with E-state index in [2.05, 4.69) is 11.9 Å². The van der Waals surface area contributed by atoms with Gasteiger partial charge in [0.15, 0.2) is 0 Å². The Balaban J connectivity index is 2.32. The van der Waals surface area contributed by atoms with Crippen molar-refractivity contribution in [1.29, 1.82) is 0 Å². The summed E-state index contributed by atoms with van der Waals surface area (Å²) >= 11 is 0. The number of esters is 1. The molecule has 0 aromatic rings. The molecule has 1 unspecified atom stereocenters. The molecule has 4 nitrogen and oxygen atoms in total. The zero-order valence-electron chi connectivity index (χ0n) is 6.71. The Morgan fingerprint density at radius 1 is 1.83 bits per heavy atom. The van der Waals surface area contributed by atoms with Gasteiger partial charge in [0.2, 0.25) is 5.91 Å². The zero-order chi connectivity index (χ0) is 8.97. The molecular weight excluding hydrogens is 158 g/mol. The molecule has 1 aliphatic heterocycles. The number of carbonyl (C=O) groups is 2. The summed E-state index contributed by atoms with van der Waals surface area (Å²) in [6.45, 7) is 3.61. The molecule has 1 heterocycles. The fourth-order valence-corrected chi connectivity index (χ4v) is 1.03. The van der Waals surface area contributed by atoms with Gasteiger partial charge in [-0.25, -0.2) is 4.79 Å². The molecular formula is C8H11NO3. The number of hydrogen-bond acceptors (Lipinski definition) is 3. The van der Waals surface area contributed by atoms with Gasteiger partial charge in [-0.15, -0.1) is 0 Å². The van der Waals surface area contributed by atoms with Gasteiger partial charge in [0.25, 0.3) is 0 Å². The molecule has 1 atom stereocenters. The summed E-state index contributed by atoms with van der Waals surface area (Å²) in [6, 6.07) is -0.447. The topological polar surface area (TPSA) is 55.4 Å². The third-order valence-corrected chi connectivity index (χ3v) is 1.62. The van der Waals surface area contributed by atoms with Gasteiger partial charge in [-0.05, 0) is 6.42 Å². The summed E-state index contributed by atoms with van der Waals surface area (Å²) in [6.07, 6.45) is 2.44. The van der Waals surface area contributed by atoms with Crippen molar-refractivity contribution in [3.05, 3.63) is 12.7 Å². The molecule has 0 aromatic heterocycles. The van der Waals surface area contributed by atoms with Gasteiger partial charge >= 0.3 is 5.97 Å². The van der Waals surface area contributed by atoms with Crippen LogP contribution in [0.3, 0.4) is 0 Å². The van der Waals surface area contributed by atoms with Crippen molar-refractivity contribution >= 4 is 11.9 Å². The number of ether oxygens (including phenoxy) is 1. The Hall–Kier alpha value is -1.32. The van der Waals surface area contributed by atoms with Crippen molar-refractivity contribution in [2.24, 2.45) is 0 Å². The quantitative estimate of drug-likeness (QED) is 0.477. The largest absolute Gasteiger partial charge is 0.460 e. The van der Waals surface area contributed by atoms with Crippen LogP contribution in [0.5, 0.6) is 0 Å². The third kappa shape index (κ3) is 2.08. The van der Waals surface area contributed by atoms with Crippen LogP contribution in [0.1, 0.15) is 12.8 Å². The first-order valence-corrected chi connectivity index (χ1v) is 3.81. The highest BCUT2D eigenvalue weighted by atomic mass is 16.5. The number of rotatable bonds is 3. The van der Waals surface area contributed by atoms with Gasteiger partial charge < -0.3 is 10.1 Å². The van der Waals surface area contributed by atoms with Crippen LogP contribution in [0.25, 0.3) is 0 Å². The maximum absolute atomic E-state index is 11.1. The molecule has 1 fully saturated rings. The SMILES string of the molecule is C=CCOC(=O)C1CCC(=O)N1. The van der Waals surface area contributed by atoms with Crippen molar-refractivity contribution in [3.8, 4) is 0 Å². The Morgan fingerprint density at radius 2 is 2.58 bits per heavy atom. The molecule has 1 N–H and O–H groups in total. The van der Waals surface area contributed by atoms with Gasteiger partial charge in [0.05, 0.1) is 0 Å². The summed E-state index contributed by atoms with van der Waals surface area (Å²) in [5.74, 6) is -0.462. The fraction of sp³-hybridized carbons (Fsp3) is 0.500. The zero-order valence-corrected chi connectivity index (χ0v) is 6.71. The Kier molecular flexibility index (Phi) is 2.85. The van der Waals surface area contributed by atoms with Crippen LogP contribution in [-0.2, 0) is 14.3 Å². The molecule has 1 amide bonds. The third-order valence-electron chi connectivity index (χ3n) is 1.62.